The van der Waals surface area contributed by atoms with Crippen molar-refractivity contribution >= 4 is 29.2 Å². The fourth-order valence-electron chi connectivity index (χ4n) is 2.75. The third-order valence-electron chi connectivity index (χ3n) is 3.98. The number of carbonyl (C=O) groups excluding carboxylic acids is 3. The summed E-state index contributed by atoms with van der Waals surface area (Å²) in [6.07, 6.45) is -4.51. The summed E-state index contributed by atoms with van der Waals surface area (Å²) in [5.74, 6) is -2.94. The minimum atomic E-state index is -4.87. The van der Waals surface area contributed by atoms with Crippen molar-refractivity contribution in [3.05, 3.63) is 54.4 Å². The van der Waals surface area contributed by atoms with Crippen LogP contribution in [-0.2, 0) is 14.3 Å². The average molecular weight is 393 g/mol. The van der Waals surface area contributed by atoms with Crippen LogP contribution in [0, 0.1) is 0 Å². The van der Waals surface area contributed by atoms with Crippen LogP contribution in [0.1, 0.15) is 16.9 Å². The van der Waals surface area contributed by atoms with Crippen molar-refractivity contribution in [2.75, 3.05) is 16.8 Å². The zero-order chi connectivity index (χ0) is 20.3. The van der Waals surface area contributed by atoms with Crippen LogP contribution in [0.25, 0.3) is 0 Å². The quantitative estimate of drug-likeness (QED) is 0.810. The van der Waals surface area contributed by atoms with Crippen molar-refractivity contribution in [3.63, 3.8) is 0 Å². The Bertz CT molecular complexity index is 902. The average Bonchev–Trinajstić information content (AvgIpc) is 2.82. The van der Waals surface area contributed by atoms with Gasteiger partial charge in [0, 0.05) is 6.20 Å². The van der Waals surface area contributed by atoms with E-state index in [2.05, 4.69) is 10.3 Å². The van der Waals surface area contributed by atoms with Gasteiger partial charge in [0.1, 0.15) is 11.7 Å². The van der Waals surface area contributed by atoms with Gasteiger partial charge in [0.25, 0.3) is 5.91 Å². The number of pyridine rings is 1. The molecule has 0 radical (unpaired) electrons. The minimum absolute atomic E-state index is 0.0589. The Morgan fingerprint density at radius 3 is 2.57 bits per heavy atom. The monoisotopic (exact) mass is 393 g/mol. The Labute approximate surface area is 157 Å². The van der Waals surface area contributed by atoms with E-state index >= 15 is 0 Å². The van der Waals surface area contributed by atoms with E-state index in [-0.39, 0.29) is 17.1 Å². The molecule has 0 fully saturated rings. The topological polar surface area (TPSA) is 88.6 Å². The van der Waals surface area contributed by atoms with Crippen LogP contribution in [0.5, 0.6) is 0 Å². The molecule has 2 heterocycles. The Kier molecular flexibility index (Phi) is 5.30. The highest BCUT2D eigenvalue weighted by molar-refractivity contribution is 6.05. The van der Waals surface area contributed by atoms with Gasteiger partial charge in [-0.2, -0.15) is 13.2 Å². The van der Waals surface area contributed by atoms with Gasteiger partial charge in [0.2, 0.25) is 5.91 Å². The number of anilines is 2. The number of para-hydroxylation sites is 2. The first-order valence-corrected chi connectivity index (χ1v) is 8.13. The molecule has 1 aromatic heterocycles. The maximum absolute atomic E-state index is 13.6. The second-order valence-electron chi connectivity index (χ2n) is 5.88. The molecular weight excluding hydrogens is 379 g/mol. The van der Waals surface area contributed by atoms with Crippen LogP contribution in [0.3, 0.4) is 0 Å². The normalized spacial score (nSPS) is 16.6. The van der Waals surface area contributed by atoms with Gasteiger partial charge >= 0.3 is 12.1 Å². The first-order valence-electron chi connectivity index (χ1n) is 8.13. The molecule has 7 nitrogen and oxygen atoms in total. The largest absolute Gasteiger partial charge is 0.451 e. The molecular formula is C18H14F3N3O4. The number of hydrogen-bond donors (Lipinski definition) is 1. The number of ether oxygens (including phenoxy) is 1. The lowest BCUT2D eigenvalue weighted by atomic mass is 10.1. The Hall–Kier alpha value is -3.43. The number of hydrogen-bond acceptors (Lipinski definition) is 5. The van der Waals surface area contributed by atoms with E-state index in [0.717, 1.165) is 0 Å². The number of rotatable bonds is 3. The lowest BCUT2D eigenvalue weighted by Crippen LogP contribution is -2.51. The second kappa shape index (κ2) is 7.67. The fourth-order valence-corrected chi connectivity index (χ4v) is 2.75. The van der Waals surface area contributed by atoms with Crippen molar-refractivity contribution in [3.8, 4) is 0 Å². The van der Waals surface area contributed by atoms with E-state index in [9.17, 15) is 27.6 Å². The van der Waals surface area contributed by atoms with Crippen LogP contribution in [0.2, 0.25) is 0 Å². The van der Waals surface area contributed by atoms with Crippen molar-refractivity contribution in [1.82, 2.24) is 4.98 Å². The number of fused-ring (bicyclic) bond motifs is 1. The van der Waals surface area contributed by atoms with Crippen LogP contribution in [0.4, 0.5) is 24.5 Å². The summed E-state index contributed by atoms with van der Waals surface area (Å²) in [6.45, 7) is -0.940. The number of aromatic nitrogens is 1. The molecule has 2 aromatic rings. The first kappa shape index (κ1) is 19.3. The molecule has 0 saturated carbocycles. The van der Waals surface area contributed by atoms with E-state index in [1.165, 1.54) is 42.6 Å². The van der Waals surface area contributed by atoms with Gasteiger partial charge < -0.3 is 10.1 Å². The maximum Gasteiger partial charge on any atom is 0.409 e. The third-order valence-corrected chi connectivity index (χ3v) is 3.98. The molecule has 3 rings (SSSR count). The summed E-state index contributed by atoms with van der Waals surface area (Å²) in [4.78, 5) is 40.6. The number of halogens is 3. The highest BCUT2D eigenvalue weighted by Gasteiger charge is 2.49. The van der Waals surface area contributed by atoms with Gasteiger partial charge in [-0.3, -0.25) is 14.5 Å². The van der Waals surface area contributed by atoms with Gasteiger partial charge in [-0.25, -0.2) is 9.78 Å². The van der Waals surface area contributed by atoms with Crippen LogP contribution in [0.15, 0.2) is 48.7 Å². The molecule has 146 valence electrons. The fraction of sp³-hybridized carbons (Fsp3) is 0.222. The highest BCUT2D eigenvalue weighted by atomic mass is 19.4. The Balaban J connectivity index is 1.88. The molecule has 1 N–H and O–H groups in total. The Morgan fingerprint density at radius 1 is 1.18 bits per heavy atom. The molecule has 0 saturated heterocycles. The molecule has 1 aromatic carbocycles. The van der Waals surface area contributed by atoms with Crippen molar-refractivity contribution in [2.45, 2.75) is 18.6 Å². The van der Waals surface area contributed by atoms with Crippen molar-refractivity contribution in [1.29, 1.82) is 0 Å². The van der Waals surface area contributed by atoms with E-state index in [4.69, 9.17) is 4.74 Å². The molecule has 0 bridgehead atoms. The Morgan fingerprint density at radius 2 is 1.89 bits per heavy atom. The van der Waals surface area contributed by atoms with E-state index in [1.54, 1.807) is 6.07 Å². The number of alkyl halides is 3. The van der Waals surface area contributed by atoms with Crippen molar-refractivity contribution in [2.24, 2.45) is 0 Å². The number of nitrogens with one attached hydrogen (secondary N) is 1. The van der Waals surface area contributed by atoms with Gasteiger partial charge in [0.15, 0.2) is 6.61 Å². The zero-order valence-electron chi connectivity index (χ0n) is 14.3. The summed E-state index contributed by atoms with van der Waals surface area (Å²) < 4.78 is 45.5. The van der Waals surface area contributed by atoms with Crippen LogP contribution in [-0.4, -0.2) is 41.6 Å². The zero-order valence-corrected chi connectivity index (χ0v) is 14.3. The van der Waals surface area contributed by atoms with E-state index in [1.807, 2.05) is 0 Å². The number of benzene rings is 1. The van der Waals surface area contributed by atoms with Crippen LogP contribution < -0.4 is 10.2 Å². The molecule has 0 aliphatic carbocycles. The summed E-state index contributed by atoms with van der Waals surface area (Å²) >= 11 is 0. The third kappa shape index (κ3) is 4.11. The summed E-state index contributed by atoms with van der Waals surface area (Å²) in [7, 11) is 0. The molecule has 10 heteroatoms. The number of esters is 1. The maximum atomic E-state index is 13.6. The van der Waals surface area contributed by atoms with Crippen LogP contribution >= 0.6 is 0 Å². The second-order valence-corrected chi connectivity index (χ2v) is 5.88. The predicted octanol–water partition coefficient (Wildman–Crippen LogP) is 2.54. The summed E-state index contributed by atoms with van der Waals surface area (Å²) in [5.41, 5.74) is -0.158. The lowest BCUT2D eigenvalue weighted by Gasteiger charge is -2.31. The lowest BCUT2D eigenvalue weighted by molar-refractivity contribution is -0.158. The van der Waals surface area contributed by atoms with Gasteiger partial charge in [-0.15, -0.1) is 0 Å². The molecule has 2 amide bonds. The highest BCUT2D eigenvalue weighted by Crippen LogP contribution is 2.37. The van der Waals surface area contributed by atoms with Gasteiger partial charge in [0.05, 0.1) is 17.8 Å². The number of amides is 2. The summed E-state index contributed by atoms with van der Waals surface area (Å²) in [5, 5.41) is 2.35. The molecule has 1 unspecified atom stereocenters. The summed E-state index contributed by atoms with van der Waals surface area (Å²) in [6, 6.07) is 7.64. The van der Waals surface area contributed by atoms with E-state index in [0.29, 0.717) is 4.90 Å². The predicted molar refractivity (Wildman–Crippen MR) is 91.5 cm³/mol. The molecule has 0 spiro atoms. The van der Waals surface area contributed by atoms with E-state index < -0.39 is 43.0 Å². The first-order chi connectivity index (χ1) is 13.3. The van der Waals surface area contributed by atoms with Gasteiger partial charge in [-0.1, -0.05) is 18.2 Å². The SMILES string of the molecule is O=C1CC(C(F)(F)F)N(C(=O)COC(=O)c2ccccn2)c2ccccc2N1. The molecule has 1 aliphatic heterocycles. The number of carbonyl (C=O) groups is 3. The standard InChI is InChI=1S/C18H14F3N3O4/c19-18(20,21)14-9-15(25)23-11-5-1-2-7-13(11)24(14)16(26)10-28-17(27)12-6-3-4-8-22-12/h1-8,14H,9-10H2,(H,23,25). The molecule has 1 atom stereocenters. The van der Waals surface area contributed by atoms with Gasteiger partial charge in [-0.05, 0) is 24.3 Å². The minimum Gasteiger partial charge on any atom is -0.451 e. The molecule has 28 heavy (non-hydrogen) atoms. The number of nitrogens with zero attached hydrogens (tertiary/aromatic N) is 2. The molecule has 1 aliphatic rings. The van der Waals surface area contributed by atoms with Crippen molar-refractivity contribution < 1.29 is 32.3 Å². The smallest absolute Gasteiger partial charge is 0.409 e.